The van der Waals surface area contributed by atoms with E-state index in [1.54, 1.807) is 25.8 Å². The summed E-state index contributed by atoms with van der Waals surface area (Å²) in [5, 5.41) is 2.63. The molecule has 0 radical (unpaired) electrons. The fourth-order valence-electron chi connectivity index (χ4n) is 1.71. The van der Waals surface area contributed by atoms with E-state index in [1.165, 1.54) is 6.07 Å². The topological polar surface area (TPSA) is 49.4 Å². The van der Waals surface area contributed by atoms with Crippen molar-refractivity contribution in [3.05, 3.63) is 35.4 Å². The van der Waals surface area contributed by atoms with Crippen LogP contribution < -0.4 is 5.32 Å². The maximum Gasteiger partial charge on any atom is 0.234 e. The van der Waals surface area contributed by atoms with Gasteiger partial charge in [-0.1, -0.05) is 0 Å². The van der Waals surface area contributed by atoms with Gasteiger partial charge in [0.2, 0.25) is 5.91 Å². The number of likely N-dealkylation sites (N-methyl/N-ethyl adjacent to an activating group) is 2. The van der Waals surface area contributed by atoms with Crippen molar-refractivity contribution in [2.75, 3.05) is 20.1 Å². The first kappa shape index (κ1) is 16.2. The van der Waals surface area contributed by atoms with Gasteiger partial charge in [0.05, 0.1) is 12.6 Å². The van der Waals surface area contributed by atoms with Gasteiger partial charge in [0.1, 0.15) is 0 Å². The Morgan fingerprint density at radius 1 is 1.30 bits per heavy atom. The van der Waals surface area contributed by atoms with E-state index in [9.17, 15) is 18.4 Å². The molecule has 1 aromatic carbocycles. The normalized spacial score (nSPS) is 12.3. The number of rotatable bonds is 6. The highest BCUT2D eigenvalue weighted by molar-refractivity contribution is 6.00. The van der Waals surface area contributed by atoms with Gasteiger partial charge < -0.3 is 5.32 Å². The van der Waals surface area contributed by atoms with Crippen LogP contribution in [0.25, 0.3) is 0 Å². The third-order valence-corrected chi connectivity index (χ3v) is 3.01. The van der Waals surface area contributed by atoms with Crippen LogP contribution in [0.5, 0.6) is 0 Å². The molecule has 0 saturated heterocycles. The minimum absolute atomic E-state index is 0.0599. The quantitative estimate of drug-likeness (QED) is 0.807. The molecular weight excluding hydrogens is 266 g/mol. The first-order valence-corrected chi connectivity index (χ1v) is 6.33. The number of carbonyl (C=O) groups excluding carboxylic acids is 2. The lowest BCUT2D eigenvalue weighted by Gasteiger charge is -2.22. The van der Waals surface area contributed by atoms with Crippen LogP contribution >= 0.6 is 0 Å². The van der Waals surface area contributed by atoms with Gasteiger partial charge in [0.15, 0.2) is 17.4 Å². The number of hydrogen-bond donors (Lipinski definition) is 1. The van der Waals surface area contributed by atoms with E-state index in [-0.39, 0.29) is 23.8 Å². The monoisotopic (exact) mass is 284 g/mol. The molecule has 110 valence electrons. The Balaban J connectivity index is 2.75. The first-order chi connectivity index (χ1) is 9.36. The second-order valence-corrected chi connectivity index (χ2v) is 4.54. The molecule has 1 atom stereocenters. The minimum atomic E-state index is -1.06. The van der Waals surface area contributed by atoms with Gasteiger partial charge in [0, 0.05) is 12.1 Å². The van der Waals surface area contributed by atoms with Crippen molar-refractivity contribution in [2.24, 2.45) is 0 Å². The van der Waals surface area contributed by atoms with Crippen LogP contribution in [0.2, 0.25) is 0 Å². The molecule has 1 unspecified atom stereocenters. The molecule has 1 rings (SSSR count). The molecule has 1 amide bonds. The molecule has 4 nitrogen and oxygen atoms in total. The summed E-state index contributed by atoms with van der Waals surface area (Å²) in [6.45, 7) is 3.99. The Kier molecular flexibility index (Phi) is 5.76. The van der Waals surface area contributed by atoms with Crippen molar-refractivity contribution in [1.82, 2.24) is 10.2 Å². The molecular formula is C14H18F2N2O2. The molecule has 0 aromatic heterocycles. The molecule has 0 spiro atoms. The van der Waals surface area contributed by atoms with Gasteiger partial charge in [-0.3, -0.25) is 14.5 Å². The van der Waals surface area contributed by atoms with E-state index < -0.39 is 17.7 Å². The van der Waals surface area contributed by atoms with Gasteiger partial charge >= 0.3 is 0 Å². The number of amides is 1. The molecule has 0 aliphatic rings. The third-order valence-electron chi connectivity index (χ3n) is 3.01. The molecule has 0 aliphatic heterocycles. The fraction of sp³-hybridized carbons (Fsp3) is 0.429. The molecule has 0 saturated carbocycles. The molecule has 0 aliphatic carbocycles. The number of halogens is 2. The number of ketones is 1. The van der Waals surface area contributed by atoms with Crippen LogP contribution in [-0.2, 0) is 4.79 Å². The molecule has 1 aromatic rings. The lowest BCUT2D eigenvalue weighted by Crippen LogP contribution is -2.42. The zero-order valence-corrected chi connectivity index (χ0v) is 11.7. The SMILES string of the molecule is CCNC(=O)CN(C)C(C)C(=O)c1ccc(F)c(F)c1. The standard InChI is InChI=1S/C14H18F2N2O2/c1-4-17-13(19)8-18(3)9(2)14(20)10-5-6-11(15)12(16)7-10/h5-7,9H,4,8H2,1-3H3,(H,17,19). The van der Waals surface area contributed by atoms with Crippen molar-refractivity contribution >= 4 is 11.7 Å². The molecule has 1 N–H and O–H groups in total. The molecule has 0 heterocycles. The van der Waals surface area contributed by atoms with Gasteiger partial charge in [-0.2, -0.15) is 0 Å². The zero-order chi connectivity index (χ0) is 15.3. The van der Waals surface area contributed by atoms with E-state index in [2.05, 4.69) is 5.32 Å². The largest absolute Gasteiger partial charge is 0.355 e. The highest BCUT2D eigenvalue weighted by Gasteiger charge is 2.22. The zero-order valence-electron chi connectivity index (χ0n) is 11.7. The summed E-state index contributed by atoms with van der Waals surface area (Å²) in [5.41, 5.74) is 0.0825. The average molecular weight is 284 g/mol. The van der Waals surface area contributed by atoms with E-state index in [1.807, 2.05) is 0 Å². The predicted octanol–water partition coefficient (Wildman–Crippen LogP) is 1.60. The van der Waals surface area contributed by atoms with E-state index in [4.69, 9.17) is 0 Å². The van der Waals surface area contributed by atoms with Crippen molar-refractivity contribution < 1.29 is 18.4 Å². The van der Waals surface area contributed by atoms with Crippen molar-refractivity contribution in [1.29, 1.82) is 0 Å². The Bertz CT molecular complexity index is 506. The Hall–Kier alpha value is -1.82. The fourth-order valence-corrected chi connectivity index (χ4v) is 1.71. The number of benzene rings is 1. The van der Waals surface area contributed by atoms with Crippen molar-refractivity contribution in [3.63, 3.8) is 0 Å². The number of nitrogens with one attached hydrogen (secondary N) is 1. The Morgan fingerprint density at radius 2 is 1.95 bits per heavy atom. The summed E-state index contributed by atoms with van der Waals surface area (Å²) in [5.74, 6) is -2.62. The predicted molar refractivity (Wildman–Crippen MR) is 71.5 cm³/mol. The van der Waals surface area contributed by atoms with Crippen LogP contribution in [-0.4, -0.2) is 42.8 Å². The van der Waals surface area contributed by atoms with Gasteiger partial charge in [-0.15, -0.1) is 0 Å². The second-order valence-electron chi connectivity index (χ2n) is 4.54. The molecule has 0 fully saturated rings. The summed E-state index contributed by atoms with van der Waals surface area (Å²) >= 11 is 0. The van der Waals surface area contributed by atoms with E-state index in [0.717, 1.165) is 12.1 Å². The van der Waals surface area contributed by atoms with Crippen LogP contribution in [0.4, 0.5) is 8.78 Å². The maximum atomic E-state index is 13.1. The summed E-state index contributed by atoms with van der Waals surface area (Å²) in [4.78, 5) is 25.1. The molecule has 6 heteroatoms. The number of carbonyl (C=O) groups is 2. The van der Waals surface area contributed by atoms with Gasteiger partial charge in [-0.25, -0.2) is 8.78 Å². The van der Waals surface area contributed by atoms with E-state index >= 15 is 0 Å². The average Bonchev–Trinajstić information content (AvgIpc) is 2.40. The van der Waals surface area contributed by atoms with Crippen LogP contribution in [0.1, 0.15) is 24.2 Å². The summed E-state index contributed by atoms with van der Waals surface area (Å²) in [7, 11) is 1.62. The van der Waals surface area contributed by atoms with Crippen LogP contribution in [0, 0.1) is 11.6 Å². The highest BCUT2D eigenvalue weighted by atomic mass is 19.2. The molecule has 0 bridgehead atoms. The summed E-state index contributed by atoms with van der Waals surface area (Å²) in [6, 6.07) is 2.41. The Morgan fingerprint density at radius 3 is 2.50 bits per heavy atom. The maximum absolute atomic E-state index is 13.1. The number of nitrogens with zero attached hydrogens (tertiary/aromatic N) is 1. The minimum Gasteiger partial charge on any atom is -0.355 e. The lowest BCUT2D eigenvalue weighted by molar-refractivity contribution is -0.122. The smallest absolute Gasteiger partial charge is 0.234 e. The van der Waals surface area contributed by atoms with Crippen LogP contribution in [0.3, 0.4) is 0 Å². The lowest BCUT2D eigenvalue weighted by atomic mass is 10.0. The number of hydrogen-bond acceptors (Lipinski definition) is 3. The van der Waals surface area contributed by atoms with E-state index in [0.29, 0.717) is 6.54 Å². The second kappa shape index (κ2) is 7.09. The van der Waals surface area contributed by atoms with Crippen molar-refractivity contribution in [3.8, 4) is 0 Å². The summed E-state index contributed by atoms with van der Waals surface area (Å²) < 4.78 is 25.9. The third kappa shape index (κ3) is 4.09. The summed E-state index contributed by atoms with van der Waals surface area (Å²) in [6.07, 6.45) is 0. The van der Waals surface area contributed by atoms with Crippen LogP contribution in [0.15, 0.2) is 18.2 Å². The van der Waals surface area contributed by atoms with Gasteiger partial charge in [0.25, 0.3) is 0 Å². The Labute approximate surface area is 116 Å². The molecule has 20 heavy (non-hydrogen) atoms. The number of Topliss-reactive ketones (excluding diaryl/α,β-unsaturated/α-hetero) is 1. The van der Waals surface area contributed by atoms with Gasteiger partial charge in [-0.05, 0) is 39.1 Å². The first-order valence-electron chi connectivity index (χ1n) is 6.33. The highest BCUT2D eigenvalue weighted by Crippen LogP contribution is 2.12. The van der Waals surface area contributed by atoms with Crippen molar-refractivity contribution in [2.45, 2.75) is 19.9 Å².